The molecule has 0 aliphatic carbocycles. The zero-order valence-electron chi connectivity index (χ0n) is 17.6. The largest absolute Gasteiger partial charge is 0.355 e. The van der Waals surface area contributed by atoms with E-state index in [1.807, 2.05) is 24.0 Å². The second kappa shape index (κ2) is 8.62. The maximum atomic E-state index is 12.8. The van der Waals surface area contributed by atoms with Gasteiger partial charge in [-0.2, -0.15) is 8.42 Å². The molecule has 0 spiro atoms. The molecule has 10 heteroatoms. The van der Waals surface area contributed by atoms with Crippen molar-refractivity contribution in [1.82, 2.24) is 10.2 Å². The van der Waals surface area contributed by atoms with Crippen LogP contribution in [-0.2, 0) is 14.8 Å². The minimum atomic E-state index is -3.65. The molecule has 0 radical (unpaired) electrons. The SMILES string of the molecule is CC(NC(=O)C1CCN(C2=NS(=O)(=O)c3ccccc32)CC1)c1ccc(NC(N)=O)cc1. The van der Waals surface area contributed by atoms with E-state index in [1.54, 1.807) is 36.4 Å². The summed E-state index contributed by atoms with van der Waals surface area (Å²) in [5.41, 5.74) is 7.23. The van der Waals surface area contributed by atoms with Gasteiger partial charge < -0.3 is 21.3 Å². The van der Waals surface area contributed by atoms with Crippen molar-refractivity contribution in [1.29, 1.82) is 0 Å². The van der Waals surface area contributed by atoms with Crippen molar-refractivity contribution < 1.29 is 18.0 Å². The number of anilines is 1. The Labute approximate surface area is 186 Å². The first-order chi connectivity index (χ1) is 15.2. The molecule has 32 heavy (non-hydrogen) atoms. The number of urea groups is 1. The Morgan fingerprint density at radius 3 is 2.41 bits per heavy atom. The lowest BCUT2D eigenvalue weighted by molar-refractivity contribution is -0.126. The molecule has 4 N–H and O–H groups in total. The fourth-order valence-corrected chi connectivity index (χ4v) is 5.31. The zero-order chi connectivity index (χ0) is 22.9. The highest BCUT2D eigenvalue weighted by Gasteiger charge is 2.34. The van der Waals surface area contributed by atoms with Crippen LogP contribution < -0.4 is 16.4 Å². The van der Waals surface area contributed by atoms with Crippen molar-refractivity contribution in [3.63, 3.8) is 0 Å². The molecule has 3 amide bonds. The molecule has 1 saturated heterocycles. The van der Waals surface area contributed by atoms with Crippen LogP contribution in [0.2, 0.25) is 0 Å². The number of carbonyl (C=O) groups excluding carboxylic acids is 2. The van der Waals surface area contributed by atoms with Gasteiger partial charge in [0, 0.05) is 30.3 Å². The van der Waals surface area contributed by atoms with Crippen LogP contribution in [0.1, 0.15) is 36.9 Å². The van der Waals surface area contributed by atoms with Crippen molar-refractivity contribution in [2.75, 3.05) is 18.4 Å². The third kappa shape index (κ3) is 4.45. The fraction of sp³-hybridized carbons (Fsp3) is 0.318. The predicted molar refractivity (Wildman–Crippen MR) is 121 cm³/mol. The van der Waals surface area contributed by atoms with Gasteiger partial charge in [-0.3, -0.25) is 4.79 Å². The third-order valence-electron chi connectivity index (χ3n) is 5.81. The van der Waals surface area contributed by atoms with Gasteiger partial charge in [-0.15, -0.1) is 4.40 Å². The molecule has 0 aromatic heterocycles. The second-order valence-electron chi connectivity index (χ2n) is 7.99. The standard InChI is InChI=1S/C22H25N5O4S/c1-14(15-6-8-17(9-7-15)25-22(23)29)24-21(28)16-10-12-27(13-11-16)20-18-4-2-3-5-19(18)32(30,31)26-20/h2-9,14,16H,10-13H2,1H3,(H,24,28)(H3,23,25,29). The zero-order valence-corrected chi connectivity index (χ0v) is 18.4. The number of sulfonamides is 1. The van der Waals surface area contributed by atoms with Crippen LogP contribution in [0.4, 0.5) is 10.5 Å². The van der Waals surface area contributed by atoms with Gasteiger partial charge in [-0.25, -0.2) is 4.79 Å². The number of carbonyl (C=O) groups is 2. The Balaban J connectivity index is 1.35. The number of amidine groups is 1. The topological polar surface area (TPSA) is 134 Å². The lowest BCUT2D eigenvalue weighted by atomic mass is 9.94. The van der Waals surface area contributed by atoms with Crippen LogP contribution in [0, 0.1) is 5.92 Å². The molecule has 2 aromatic carbocycles. The Kier molecular flexibility index (Phi) is 5.88. The van der Waals surface area contributed by atoms with Crippen LogP contribution >= 0.6 is 0 Å². The van der Waals surface area contributed by atoms with E-state index in [9.17, 15) is 18.0 Å². The Bertz CT molecular complexity index is 1170. The van der Waals surface area contributed by atoms with Crippen molar-refractivity contribution >= 4 is 33.5 Å². The smallest absolute Gasteiger partial charge is 0.316 e. The molecular weight excluding hydrogens is 430 g/mol. The summed E-state index contributed by atoms with van der Waals surface area (Å²) in [6.07, 6.45) is 1.22. The quantitative estimate of drug-likeness (QED) is 0.650. The van der Waals surface area contributed by atoms with Crippen molar-refractivity contribution in [2.45, 2.75) is 30.7 Å². The highest BCUT2D eigenvalue weighted by molar-refractivity contribution is 7.90. The number of benzene rings is 2. The van der Waals surface area contributed by atoms with Crippen molar-refractivity contribution in [3.05, 3.63) is 59.7 Å². The number of rotatable bonds is 4. The average Bonchev–Trinajstić information content (AvgIpc) is 3.05. The number of primary amides is 1. The van der Waals surface area contributed by atoms with Gasteiger partial charge in [0.05, 0.1) is 6.04 Å². The molecule has 2 heterocycles. The molecule has 1 unspecified atom stereocenters. The summed E-state index contributed by atoms with van der Waals surface area (Å²) in [7, 11) is -3.65. The Morgan fingerprint density at radius 2 is 1.75 bits per heavy atom. The molecular formula is C22H25N5O4S. The number of nitrogens with one attached hydrogen (secondary N) is 2. The highest BCUT2D eigenvalue weighted by Crippen LogP contribution is 2.30. The number of fused-ring (bicyclic) bond motifs is 1. The molecule has 0 saturated carbocycles. The molecule has 2 aliphatic heterocycles. The molecule has 2 aliphatic rings. The second-order valence-corrected chi connectivity index (χ2v) is 9.56. The predicted octanol–water partition coefficient (Wildman–Crippen LogP) is 2.22. The normalized spacial score (nSPS) is 18.4. The van der Waals surface area contributed by atoms with Crippen LogP contribution in [-0.4, -0.2) is 44.2 Å². The summed E-state index contributed by atoms with van der Waals surface area (Å²) < 4.78 is 28.6. The number of piperidine rings is 1. The first-order valence-electron chi connectivity index (χ1n) is 10.4. The first-order valence-corrected chi connectivity index (χ1v) is 11.8. The summed E-state index contributed by atoms with van der Waals surface area (Å²) in [4.78, 5) is 25.9. The van der Waals surface area contributed by atoms with Crippen LogP contribution in [0.15, 0.2) is 57.8 Å². The maximum Gasteiger partial charge on any atom is 0.316 e. The number of hydrogen-bond donors (Lipinski definition) is 3. The summed E-state index contributed by atoms with van der Waals surface area (Å²) in [5.74, 6) is 0.286. The number of amides is 3. The molecule has 9 nitrogen and oxygen atoms in total. The van der Waals surface area contributed by atoms with Gasteiger partial charge in [0.25, 0.3) is 10.0 Å². The lowest BCUT2D eigenvalue weighted by Gasteiger charge is -2.33. The summed E-state index contributed by atoms with van der Waals surface area (Å²) in [5, 5.41) is 5.55. The van der Waals surface area contributed by atoms with E-state index in [1.165, 1.54) is 0 Å². The van der Waals surface area contributed by atoms with E-state index in [0.29, 0.717) is 43.0 Å². The molecule has 1 atom stereocenters. The molecule has 2 aromatic rings. The molecule has 0 bridgehead atoms. The number of hydrogen-bond acceptors (Lipinski definition) is 5. The van der Waals surface area contributed by atoms with Crippen LogP contribution in [0.3, 0.4) is 0 Å². The Hall–Kier alpha value is -3.40. The van der Waals surface area contributed by atoms with Crippen LogP contribution in [0.25, 0.3) is 0 Å². The highest BCUT2D eigenvalue weighted by atomic mass is 32.2. The lowest BCUT2D eigenvalue weighted by Crippen LogP contribution is -2.43. The monoisotopic (exact) mass is 455 g/mol. The van der Waals surface area contributed by atoms with Crippen LogP contribution in [0.5, 0.6) is 0 Å². The number of nitrogens with two attached hydrogens (primary N) is 1. The Morgan fingerprint density at radius 1 is 1.09 bits per heavy atom. The van der Waals surface area contributed by atoms with E-state index in [-0.39, 0.29) is 22.8 Å². The minimum Gasteiger partial charge on any atom is -0.355 e. The molecule has 4 rings (SSSR count). The van der Waals surface area contributed by atoms with E-state index in [2.05, 4.69) is 15.0 Å². The first kappa shape index (κ1) is 21.8. The van der Waals surface area contributed by atoms with E-state index in [4.69, 9.17) is 5.73 Å². The van der Waals surface area contributed by atoms with Crippen molar-refractivity contribution in [3.8, 4) is 0 Å². The van der Waals surface area contributed by atoms with E-state index >= 15 is 0 Å². The van der Waals surface area contributed by atoms with Gasteiger partial charge >= 0.3 is 6.03 Å². The number of nitrogens with zero attached hydrogens (tertiary/aromatic N) is 2. The average molecular weight is 456 g/mol. The van der Waals surface area contributed by atoms with Gasteiger partial charge in [-0.1, -0.05) is 24.3 Å². The third-order valence-corrected chi connectivity index (χ3v) is 7.14. The minimum absolute atomic E-state index is 0.0298. The van der Waals surface area contributed by atoms with Gasteiger partial charge in [0.1, 0.15) is 4.90 Å². The van der Waals surface area contributed by atoms with Gasteiger partial charge in [-0.05, 0) is 49.6 Å². The molecule has 168 valence electrons. The molecule has 1 fully saturated rings. The summed E-state index contributed by atoms with van der Waals surface area (Å²) >= 11 is 0. The summed E-state index contributed by atoms with van der Waals surface area (Å²) in [6.45, 7) is 3.02. The van der Waals surface area contributed by atoms with E-state index < -0.39 is 16.1 Å². The number of likely N-dealkylation sites (tertiary alicyclic amines) is 1. The fourth-order valence-electron chi connectivity index (χ4n) is 4.08. The van der Waals surface area contributed by atoms with E-state index in [0.717, 1.165) is 5.56 Å². The van der Waals surface area contributed by atoms with Gasteiger partial charge in [0.2, 0.25) is 5.91 Å². The summed E-state index contributed by atoms with van der Waals surface area (Å²) in [6, 6.07) is 13.1. The maximum absolute atomic E-state index is 12.8. The van der Waals surface area contributed by atoms with Gasteiger partial charge in [0.15, 0.2) is 5.84 Å². The van der Waals surface area contributed by atoms with Crippen molar-refractivity contribution in [2.24, 2.45) is 16.0 Å².